The fourth-order valence-corrected chi connectivity index (χ4v) is 3.21. The molecule has 0 aromatic rings. The molecule has 0 bridgehead atoms. The van der Waals surface area contributed by atoms with Crippen molar-refractivity contribution in [2.24, 2.45) is 17.4 Å². The quantitative estimate of drug-likeness (QED) is 0.247. The normalized spacial score (nSPS) is 51.7. The first-order valence-corrected chi connectivity index (χ1v) is 7.57. The van der Waals surface area contributed by atoms with Crippen molar-refractivity contribution < 1.29 is 40.1 Å². The van der Waals surface area contributed by atoms with Gasteiger partial charge in [0.25, 0.3) is 0 Å². The van der Waals surface area contributed by atoms with Crippen LogP contribution in [-0.4, -0.2) is 98.9 Å². The Morgan fingerprint density at radius 2 is 1.30 bits per heavy atom. The molecule has 2 aliphatic heterocycles. The van der Waals surface area contributed by atoms with Crippen LogP contribution in [0.2, 0.25) is 0 Å². The topological polar surface area (TPSA) is 192 Å². The molecule has 10 atom stereocenters. The number of aliphatic hydroxyl groups excluding tert-OH is 6. The van der Waals surface area contributed by atoms with Gasteiger partial charge in [0, 0.05) is 5.92 Å². The summed E-state index contributed by atoms with van der Waals surface area (Å²) in [5, 5.41) is 58.2. The van der Waals surface area contributed by atoms with Crippen molar-refractivity contribution in [3.63, 3.8) is 0 Å². The molecule has 0 saturated carbocycles. The van der Waals surface area contributed by atoms with E-state index in [-0.39, 0.29) is 6.42 Å². The van der Waals surface area contributed by atoms with Crippen LogP contribution in [0.3, 0.4) is 0 Å². The lowest BCUT2D eigenvalue weighted by Gasteiger charge is -2.46. The fraction of sp³-hybridized carbons (Fsp3) is 1.00. The predicted octanol–water partition coefficient (Wildman–Crippen LogP) is -4.80. The molecule has 2 fully saturated rings. The van der Waals surface area contributed by atoms with Gasteiger partial charge in [-0.2, -0.15) is 0 Å². The first-order valence-electron chi connectivity index (χ1n) is 7.57. The number of nitrogens with two attached hydrogens (primary N) is 2. The van der Waals surface area contributed by atoms with Gasteiger partial charge in [-0.15, -0.1) is 0 Å². The van der Waals surface area contributed by atoms with Crippen LogP contribution < -0.4 is 11.5 Å². The van der Waals surface area contributed by atoms with Crippen LogP contribution in [0.5, 0.6) is 0 Å². The van der Waals surface area contributed by atoms with Crippen molar-refractivity contribution in [3.05, 3.63) is 0 Å². The highest BCUT2D eigenvalue weighted by Crippen LogP contribution is 2.32. The second-order valence-electron chi connectivity index (χ2n) is 6.17. The second-order valence-corrected chi connectivity index (χ2v) is 6.17. The Kier molecular flexibility index (Phi) is 6.30. The third-order valence-corrected chi connectivity index (χ3v) is 4.72. The highest BCUT2D eigenvalue weighted by atomic mass is 16.6. The third-order valence-electron chi connectivity index (χ3n) is 4.72. The van der Waals surface area contributed by atoms with Gasteiger partial charge in [-0.3, -0.25) is 0 Å². The molecular weight excluding hydrogens is 312 g/mol. The molecule has 10 nitrogen and oxygen atoms in total. The van der Waals surface area contributed by atoms with Gasteiger partial charge in [0.1, 0.15) is 18.3 Å². The van der Waals surface area contributed by atoms with E-state index in [2.05, 4.69) is 0 Å². The van der Waals surface area contributed by atoms with Gasteiger partial charge < -0.3 is 51.6 Å². The van der Waals surface area contributed by atoms with Crippen molar-refractivity contribution in [2.75, 3.05) is 13.2 Å². The molecule has 0 amide bonds. The van der Waals surface area contributed by atoms with E-state index in [1.165, 1.54) is 0 Å². The van der Waals surface area contributed by atoms with Crippen molar-refractivity contribution in [2.45, 2.75) is 61.4 Å². The van der Waals surface area contributed by atoms with Gasteiger partial charge in [-0.1, -0.05) is 0 Å². The summed E-state index contributed by atoms with van der Waals surface area (Å²) < 4.78 is 10.7. The lowest BCUT2D eigenvalue weighted by atomic mass is 9.80. The fourth-order valence-electron chi connectivity index (χ4n) is 3.21. The van der Waals surface area contributed by atoms with Crippen LogP contribution >= 0.6 is 0 Å². The molecule has 23 heavy (non-hydrogen) atoms. The van der Waals surface area contributed by atoms with E-state index in [9.17, 15) is 30.6 Å². The monoisotopic (exact) mass is 338 g/mol. The summed E-state index contributed by atoms with van der Waals surface area (Å²) in [6.45, 7) is -0.963. The van der Waals surface area contributed by atoms with Gasteiger partial charge in [0.05, 0.1) is 43.6 Å². The van der Waals surface area contributed by atoms with Gasteiger partial charge >= 0.3 is 0 Å². The van der Waals surface area contributed by atoms with E-state index in [1.807, 2.05) is 0 Å². The molecule has 2 rings (SSSR count). The number of hydrogen-bond acceptors (Lipinski definition) is 10. The summed E-state index contributed by atoms with van der Waals surface area (Å²) >= 11 is 0. The number of rotatable bonds is 4. The maximum absolute atomic E-state index is 10.2. The molecule has 2 saturated heterocycles. The molecular formula is C13H26N2O8. The maximum Gasteiger partial charge on any atom is 0.172 e. The van der Waals surface area contributed by atoms with Crippen molar-refractivity contribution in [1.29, 1.82) is 0 Å². The Bertz CT molecular complexity index is 385. The summed E-state index contributed by atoms with van der Waals surface area (Å²) in [4.78, 5) is 0. The molecule has 10 N–H and O–H groups in total. The van der Waals surface area contributed by atoms with Crippen LogP contribution in [0.1, 0.15) is 6.42 Å². The molecule has 5 unspecified atom stereocenters. The summed E-state index contributed by atoms with van der Waals surface area (Å²) in [6.07, 6.45) is -7.84. The number of ether oxygens (including phenoxy) is 2. The van der Waals surface area contributed by atoms with Gasteiger partial charge in [-0.25, -0.2) is 0 Å². The van der Waals surface area contributed by atoms with Crippen molar-refractivity contribution in [3.8, 4) is 0 Å². The standard InChI is InChI=1S/C13H26N2O8/c14-8-5(22-7(3-17)11(19)12(8)20)1-4-6(2-16)23-13(21)9(15)10(4)18/h4-13,16-21H,1-3,14-15H2/t4-,5-,6?,7?,8?,9+,10?,11+,12+,13?/m0/s1. The largest absolute Gasteiger partial charge is 0.394 e. The van der Waals surface area contributed by atoms with E-state index < -0.39 is 74.1 Å². The van der Waals surface area contributed by atoms with Crippen LogP contribution in [0, 0.1) is 5.92 Å². The molecule has 2 heterocycles. The average molecular weight is 338 g/mol. The van der Waals surface area contributed by atoms with E-state index in [0.29, 0.717) is 0 Å². The number of hydrogen-bond donors (Lipinski definition) is 8. The molecule has 0 radical (unpaired) electrons. The molecule has 0 spiro atoms. The molecule has 0 aromatic heterocycles. The first kappa shape index (κ1) is 18.9. The van der Waals surface area contributed by atoms with Crippen molar-refractivity contribution >= 4 is 0 Å². The third kappa shape index (κ3) is 3.66. The zero-order valence-corrected chi connectivity index (χ0v) is 12.5. The predicted molar refractivity (Wildman–Crippen MR) is 75.8 cm³/mol. The smallest absolute Gasteiger partial charge is 0.172 e. The van der Waals surface area contributed by atoms with Gasteiger partial charge in [0.2, 0.25) is 0 Å². The summed E-state index contributed by atoms with van der Waals surface area (Å²) in [6, 6.07) is -2.02. The molecule has 0 aromatic carbocycles. The highest BCUT2D eigenvalue weighted by molar-refractivity contribution is 4.98. The highest BCUT2D eigenvalue weighted by Gasteiger charge is 2.48. The van der Waals surface area contributed by atoms with E-state index in [4.69, 9.17) is 20.9 Å². The Labute approximate surface area is 133 Å². The van der Waals surface area contributed by atoms with Gasteiger partial charge in [-0.05, 0) is 6.42 Å². The summed E-state index contributed by atoms with van der Waals surface area (Å²) in [5.74, 6) is -0.698. The van der Waals surface area contributed by atoms with Crippen LogP contribution in [-0.2, 0) is 9.47 Å². The molecule has 0 aliphatic carbocycles. The molecule has 136 valence electrons. The lowest BCUT2D eigenvalue weighted by molar-refractivity contribution is -0.246. The Morgan fingerprint density at radius 1 is 0.696 bits per heavy atom. The number of aliphatic hydroxyl groups is 6. The lowest BCUT2D eigenvalue weighted by Crippen LogP contribution is -2.64. The Morgan fingerprint density at radius 3 is 1.87 bits per heavy atom. The SMILES string of the molecule is NC1[C@H](C[C@H]2C(CO)OC(O)[C@H](N)C2O)OC(CO)[C@@H](O)[C@@H]1O. The van der Waals surface area contributed by atoms with Crippen LogP contribution in [0.25, 0.3) is 0 Å². The minimum atomic E-state index is -1.41. The zero-order valence-electron chi connectivity index (χ0n) is 12.5. The molecule has 2 aliphatic rings. The summed E-state index contributed by atoms with van der Waals surface area (Å²) in [5.41, 5.74) is 11.5. The minimum Gasteiger partial charge on any atom is -0.394 e. The maximum atomic E-state index is 10.2. The first-order chi connectivity index (χ1) is 10.8. The van der Waals surface area contributed by atoms with E-state index in [0.717, 1.165) is 0 Å². The zero-order chi connectivity index (χ0) is 17.3. The van der Waals surface area contributed by atoms with E-state index >= 15 is 0 Å². The minimum absolute atomic E-state index is 0.0638. The van der Waals surface area contributed by atoms with Crippen LogP contribution in [0.15, 0.2) is 0 Å². The van der Waals surface area contributed by atoms with Crippen LogP contribution in [0.4, 0.5) is 0 Å². The Balaban J connectivity index is 2.11. The van der Waals surface area contributed by atoms with Gasteiger partial charge in [0.15, 0.2) is 6.29 Å². The Hall–Kier alpha value is -0.400. The van der Waals surface area contributed by atoms with E-state index in [1.54, 1.807) is 0 Å². The molecule has 10 heteroatoms. The average Bonchev–Trinajstić information content (AvgIpc) is 2.55. The second kappa shape index (κ2) is 7.66. The summed E-state index contributed by atoms with van der Waals surface area (Å²) in [7, 11) is 0. The van der Waals surface area contributed by atoms with Crippen molar-refractivity contribution in [1.82, 2.24) is 0 Å².